The van der Waals surface area contributed by atoms with Crippen molar-refractivity contribution in [1.82, 2.24) is 5.32 Å². The second-order valence-corrected chi connectivity index (χ2v) is 6.55. The molecule has 2 rings (SSSR count). The molecule has 1 aliphatic rings. The molecule has 1 N–H and O–H groups in total. The molecule has 1 saturated heterocycles. The first kappa shape index (κ1) is 15.1. The van der Waals surface area contributed by atoms with Crippen LogP contribution in [-0.2, 0) is 0 Å². The lowest BCUT2D eigenvalue weighted by atomic mass is 10.1. The largest absolute Gasteiger partial charge is 0.494 e. The first-order valence-electron chi connectivity index (χ1n) is 7.22. The molecule has 1 aromatic rings. The molecule has 3 nitrogen and oxygen atoms in total. The Morgan fingerprint density at radius 3 is 2.80 bits per heavy atom. The third kappa shape index (κ3) is 3.85. The maximum absolute atomic E-state index is 13.2. The fourth-order valence-corrected chi connectivity index (χ4v) is 2.58. The molecule has 1 unspecified atom stereocenters. The zero-order valence-electron chi connectivity index (χ0n) is 12.9. The molecule has 20 heavy (non-hydrogen) atoms. The molecule has 112 valence electrons. The van der Waals surface area contributed by atoms with Gasteiger partial charge in [0.1, 0.15) is 11.6 Å². The van der Waals surface area contributed by atoms with E-state index in [9.17, 15) is 4.39 Å². The van der Waals surface area contributed by atoms with E-state index in [0.29, 0.717) is 11.7 Å². The van der Waals surface area contributed by atoms with Gasteiger partial charge in [0.25, 0.3) is 0 Å². The topological polar surface area (TPSA) is 24.5 Å². The summed E-state index contributed by atoms with van der Waals surface area (Å²) < 4.78 is 18.5. The van der Waals surface area contributed by atoms with Gasteiger partial charge in [-0.25, -0.2) is 4.39 Å². The highest BCUT2D eigenvalue weighted by Crippen LogP contribution is 2.32. The summed E-state index contributed by atoms with van der Waals surface area (Å²) in [5.41, 5.74) is 1.15. The standard InChI is InChI=1S/C16H25FN2O/c1-16(2,3)18-10-12-7-8-19(11-12)14-6-5-13(17)9-15(14)20-4/h5-6,9,12,18H,7-8,10-11H2,1-4H3. The van der Waals surface area contributed by atoms with E-state index in [1.807, 2.05) is 6.07 Å². The lowest BCUT2D eigenvalue weighted by molar-refractivity contribution is 0.383. The summed E-state index contributed by atoms with van der Waals surface area (Å²) in [6.07, 6.45) is 1.16. The van der Waals surface area contributed by atoms with Crippen molar-refractivity contribution in [2.24, 2.45) is 5.92 Å². The molecular formula is C16H25FN2O. The zero-order valence-corrected chi connectivity index (χ0v) is 12.9. The van der Waals surface area contributed by atoms with E-state index in [0.717, 1.165) is 31.7 Å². The molecular weight excluding hydrogens is 255 g/mol. The number of ether oxygens (including phenoxy) is 1. The van der Waals surface area contributed by atoms with Crippen molar-refractivity contribution in [1.29, 1.82) is 0 Å². The van der Waals surface area contributed by atoms with Crippen LogP contribution in [0, 0.1) is 11.7 Å². The van der Waals surface area contributed by atoms with Crippen molar-refractivity contribution in [3.63, 3.8) is 0 Å². The molecule has 0 spiro atoms. The Kier molecular flexibility index (Phi) is 4.53. The van der Waals surface area contributed by atoms with Crippen molar-refractivity contribution in [2.45, 2.75) is 32.7 Å². The van der Waals surface area contributed by atoms with Crippen LogP contribution in [0.2, 0.25) is 0 Å². The summed E-state index contributed by atoms with van der Waals surface area (Å²) in [5, 5.41) is 3.56. The van der Waals surface area contributed by atoms with Crippen LogP contribution in [0.1, 0.15) is 27.2 Å². The number of halogens is 1. The van der Waals surface area contributed by atoms with Crippen molar-refractivity contribution in [2.75, 3.05) is 31.6 Å². The predicted molar refractivity (Wildman–Crippen MR) is 81.0 cm³/mol. The third-order valence-corrected chi connectivity index (χ3v) is 3.69. The lowest BCUT2D eigenvalue weighted by Crippen LogP contribution is -2.39. The van der Waals surface area contributed by atoms with Crippen LogP contribution in [0.4, 0.5) is 10.1 Å². The monoisotopic (exact) mass is 280 g/mol. The summed E-state index contributed by atoms with van der Waals surface area (Å²) in [5.74, 6) is 0.995. The number of benzene rings is 1. The van der Waals surface area contributed by atoms with Crippen LogP contribution in [0.15, 0.2) is 18.2 Å². The average Bonchev–Trinajstić information content (AvgIpc) is 2.84. The van der Waals surface area contributed by atoms with Crippen LogP contribution < -0.4 is 15.0 Å². The van der Waals surface area contributed by atoms with E-state index in [1.54, 1.807) is 7.11 Å². The minimum absolute atomic E-state index is 0.154. The Morgan fingerprint density at radius 2 is 2.15 bits per heavy atom. The lowest BCUT2D eigenvalue weighted by Gasteiger charge is -2.24. The van der Waals surface area contributed by atoms with Crippen LogP contribution in [0.25, 0.3) is 0 Å². The Balaban J connectivity index is 1.99. The molecule has 0 aliphatic carbocycles. The van der Waals surface area contributed by atoms with Crippen molar-refractivity contribution in [3.05, 3.63) is 24.0 Å². The molecule has 0 radical (unpaired) electrons. The summed E-state index contributed by atoms with van der Waals surface area (Å²) >= 11 is 0. The molecule has 4 heteroatoms. The number of hydrogen-bond acceptors (Lipinski definition) is 3. The van der Waals surface area contributed by atoms with E-state index in [-0.39, 0.29) is 11.4 Å². The second kappa shape index (κ2) is 6.00. The van der Waals surface area contributed by atoms with E-state index in [1.165, 1.54) is 12.1 Å². The minimum Gasteiger partial charge on any atom is -0.494 e. The third-order valence-electron chi connectivity index (χ3n) is 3.69. The summed E-state index contributed by atoms with van der Waals surface area (Å²) in [6.45, 7) is 9.56. The van der Waals surface area contributed by atoms with Gasteiger partial charge in [0.2, 0.25) is 0 Å². The molecule has 1 aliphatic heterocycles. The minimum atomic E-state index is -0.254. The molecule has 1 fully saturated rings. The van der Waals surface area contributed by atoms with Crippen molar-refractivity contribution < 1.29 is 9.13 Å². The number of anilines is 1. The average molecular weight is 280 g/mol. The first-order chi connectivity index (χ1) is 9.39. The normalized spacial score (nSPS) is 19.4. The quantitative estimate of drug-likeness (QED) is 0.917. The number of nitrogens with one attached hydrogen (secondary N) is 1. The summed E-state index contributed by atoms with van der Waals surface area (Å²) in [4.78, 5) is 2.28. The summed E-state index contributed by atoms with van der Waals surface area (Å²) in [6, 6.07) is 4.77. The first-order valence-corrected chi connectivity index (χ1v) is 7.22. The number of hydrogen-bond donors (Lipinski definition) is 1. The van der Waals surface area contributed by atoms with Gasteiger partial charge in [-0.3, -0.25) is 0 Å². The van der Waals surface area contributed by atoms with Gasteiger partial charge in [0.15, 0.2) is 0 Å². The highest BCUT2D eigenvalue weighted by Gasteiger charge is 2.25. The number of nitrogens with zero attached hydrogens (tertiary/aromatic N) is 1. The summed E-state index contributed by atoms with van der Waals surface area (Å²) in [7, 11) is 1.59. The van der Waals surface area contributed by atoms with E-state index in [4.69, 9.17) is 4.74 Å². The molecule has 0 amide bonds. The number of rotatable bonds is 4. The Hall–Kier alpha value is -1.29. The van der Waals surface area contributed by atoms with Gasteiger partial charge in [0.05, 0.1) is 12.8 Å². The van der Waals surface area contributed by atoms with Gasteiger partial charge in [-0.05, 0) is 45.2 Å². The van der Waals surface area contributed by atoms with Gasteiger partial charge in [-0.2, -0.15) is 0 Å². The SMILES string of the molecule is COc1cc(F)ccc1N1CCC(CNC(C)(C)C)C1. The van der Waals surface area contributed by atoms with E-state index in [2.05, 4.69) is 31.0 Å². The van der Waals surface area contributed by atoms with E-state index < -0.39 is 0 Å². The van der Waals surface area contributed by atoms with Crippen LogP contribution >= 0.6 is 0 Å². The van der Waals surface area contributed by atoms with Gasteiger partial charge < -0.3 is 15.0 Å². The molecule has 0 aromatic heterocycles. The predicted octanol–water partition coefficient (Wildman–Crippen LogP) is 3.05. The highest BCUT2D eigenvalue weighted by molar-refractivity contribution is 5.59. The fraction of sp³-hybridized carbons (Fsp3) is 0.625. The maximum Gasteiger partial charge on any atom is 0.145 e. The Morgan fingerprint density at radius 1 is 1.40 bits per heavy atom. The number of methoxy groups -OCH3 is 1. The fourth-order valence-electron chi connectivity index (χ4n) is 2.58. The van der Waals surface area contributed by atoms with Crippen LogP contribution in [0.3, 0.4) is 0 Å². The Labute approximate surface area is 121 Å². The molecule has 1 aromatic carbocycles. The maximum atomic E-state index is 13.2. The second-order valence-electron chi connectivity index (χ2n) is 6.55. The van der Waals surface area contributed by atoms with E-state index >= 15 is 0 Å². The highest BCUT2D eigenvalue weighted by atomic mass is 19.1. The van der Waals surface area contributed by atoms with Crippen molar-refractivity contribution >= 4 is 5.69 Å². The van der Waals surface area contributed by atoms with Gasteiger partial charge in [-0.1, -0.05) is 0 Å². The van der Waals surface area contributed by atoms with Gasteiger partial charge >= 0.3 is 0 Å². The molecule has 1 heterocycles. The van der Waals surface area contributed by atoms with Crippen LogP contribution in [0.5, 0.6) is 5.75 Å². The zero-order chi connectivity index (χ0) is 14.8. The Bertz CT molecular complexity index is 456. The molecule has 1 atom stereocenters. The smallest absolute Gasteiger partial charge is 0.145 e. The van der Waals surface area contributed by atoms with Crippen LogP contribution in [-0.4, -0.2) is 32.3 Å². The van der Waals surface area contributed by atoms with Crippen molar-refractivity contribution in [3.8, 4) is 5.75 Å². The van der Waals surface area contributed by atoms with Gasteiger partial charge in [-0.15, -0.1) is 0 Å². The van der Waals surface area contributed by atoms with Gasteiger partial charge in [0, 0.05) is 31.2 Å². The molecule has 0 bridgehead atoms. The molecule has 0 saturated carbocycles.